The summed E-state index contributed by atoms with van der Waals surface area (Å²) < 4.78 is 34.7. The third-order valence-electron chi connectivity index (χ3n) is 10.6. The number of methoxy groups -OCH3 is 1. The van der Waals surface area contributed by atoms with E-state index in [0.29, 0.717) is 22.9 Å². The van der Waals surface area contributed by atoms with Gasteiger partial charge in [0.1, 0.15) is 5.75 Å². The number of piperidine rings is 1. The molecule has 2 aromatic rings. The average Bonchev–Trinajstić information content (AvgIpc) is 2.91. The lowest BCUT2D eigenvalue weighted by Crippen LogP contribution is -2.55. The summed E-state index contributed by atoms with van der Waals surface area (Å²) in [6.45, 7) is 3.09. The molecule has 2 heterocycles. The highest BCUT2D eigenvalue weighted by molar-refractivity contribution is 7.93. The summed E-state index contributed by atoms with van der Waals surface area (Å²) in [6.07, 6.45) is 9.55. The van der Waals surface area contributed by atoms with Crippen LogP contribution in [0, 0.1) is 29.1 Å². The van der Waals surface area contributed by atoms with E-state index in [9.17, 15) is 13.5 Å². The summed E-state index contributed by atoms with van der Waals surface area (Å²) in [7, 11) is -2.04. The van der Waals surface area contributed by atoms with Crippen LogP contribution in [0.3, 0.4) is 0 Å². The number of aliphatic hydroxyl groups is 1. The van der Waals surface area contributed by atoms with Crippen molar-refractivity contribution >= 4 is 15.7 Å². The molecule has 8 rings (SSSR count). The topological polar surface area (TPSA) is 70.1 Å². The Morgan fingerprint density at radius 1 is 0.974 bits per heavy atom. The largest absolute Gasteiger partial charge is 0.497 e. The smallest absolute Gasteiger partial charge is 0.264 e. The molecular formula is C31H40N2O4S. The van der Waals surface area contributed by atoms with Crippen molar-refractivity contribution < 1.29 is 18.3 Å². The zero-order valence-corrected chi connectivity index (χ0v) is 23.2. The van der Waals surface area contributed by atoms with Gasteiger partial charge < -0.3 is 14.7 Å². The van der Waals surface area contributed by atoms with Gasteiger partial charge in [0.25, 0.3) is 10.0 Å². The van der Waals surface area contributed by atoms with E-state index in [-0.39, 0.29) is 17.4 Å². The molecule has 0 radical (unpaired) electrons. The second kappa shape index (κ2) is 9.24. The number of aliphatic hydroxyl groups excluding tert-OH is 1. The minimum Gasteiger partial charge on any atom is -0.497 e. The fraction of sp³-hybridized carbons (Fsp3) is 0.613. The predicted octanol–water partition coefficient (Wildman–Crippen LogP) is 5.16. The quantitative estimate of drug-likeness (QED) is 0.552. The van der Waals surface area contributed by atoms with Crippen molar-refractivity contribution in [1.82, 2.24) is 4.90 Å². The molecule has 5 fully saturated rings. The Bertz CT molecular complexity index is 1280. The van der Waals surface area contributed by atoms with Crippen molar-refractivity contribution in [3.05, 3.63) is 42.5 Å². The van der Waals surface area contributed by atoms with Gasteiger partial charge >= 0.3 is 0 Å². The summed E-state index contributed by atoms with van der Waals surface area (Å²) in [5.74, 6) is 3.48. The lowest BCUT2D eigenvalue weighted by Gasteiger charge is -2.59. The van der Waals surface area contributed by atoms with Crippen molar-refractivity contribution in [2.75, 3.05) is 37.6 Å². The molecule has 38 heavy (non-hydrogen) atoms. The number of nitrogens with zero attached hydrogens (tertiary/aromatic N) is 2. The van der Waals surface area contributed by atoms with Gasteiger partial charge in [0.2, 0.25) is 0 Å². The fourth-order valence-corrected chi connectivity index (χ4v) is 10.8. The van der Waals surface area contributed by atoms with Crippen LogP contribution in [0.1, 0.15) is 51.4 Å². The average molecular weight is 537 g/mol. The number of hydrogen-bond donors (Lipinski definition) is 1. The highest BCUT2D eigenvalue weighted by Gasteiger charge is 2.54. The molecule has 204 valence electrons. The molecule has 6 aliphatic rings. The molecule has 7 heteroatoms. The van der Waals surface area contributed by atoms with E-state index in [0.717, 1.165) is 61.4 Å². The van der Waals surface area contributed by atoms with Gasteiger partial charge in [0.05, 0.1) is 23.8 Å². The van der Waals surface area contributed by atoms with E-state index in [1.165, 1.54) is 38.5 Å². The third kappa shape index (κ3) is 4.08. The third-order valence-corrected chi connectivity index (χ3v) is 12.4. The molecule has 4 saturated carbocycles. The first-order valence-corrected chi connectivity index (χ1v) is 16.0. The molecule has 6 nitrogen and oxygen atoms in total. The van der Waals surface area contributed by atoms with Crippen LogP contribution in [-0.2, 0) is 10.0 Å². The molecule has 1 atom stereocenters. The number of likely N-dealkylation sites (tertiary alicyclic amines) is 1. The number of rotatable bonds is 6. The van der Waals surface area contributed by atoms with E-state index in [1.807, 2.05) is 30.3 Å². The van der Waals surface area contributed by atoms with Crippen molar-refractivity contribution in [3.63, 3.8) is 0 Å². The fourth-order valence-electron chi connectivity index (χ4n) is 9.04. The van der Waals surface area contributed by atoms with E-state index < -0.39 is 10.0 Å². The summed E-state index contributed by atoms with van der Waals surface area (Å²) in [4.78, 5) is 2.82. The number of hydrogen-bond acceptors (Lipinski definition) is 5. The van der Waals surface area contributed by atoms with Gasteiger partial charge in [0.15, 0.2) is 0 Å². The summed E-state index contributed by atoms with van der Waals surface area (Å²) in [6, 6.07) is 13.0. The second-order valence-corrected chi connectivity index (χ2v) is 14.8. The number of ether oxygens (including phenoxy) is 1. The molecule has 0 spiro atoms. The number of fused-ring (bicyclic) bond motifs is 3. The van der Waals surface area contributed by atoms with Gasteiger partial charge in [-0.3, -0.25) is 4.31 Å². The maximum absolute atomic E-state index is 13.8. The Balaban J connectivity index is 1.05. The zero-order chi connectivity index (χ0) is 26.1. The maximum Gasteiger partial charge on any atom is 0.264 e. The van der Waals surface area contributed by atoms with Gasteiger partial charge in [0, 0.05) is 30.3 Å². The molecule has 0 unspecified atom stereocenters. The Morgan fingerprint density at radius 2 is 1.63 bits per heavy atom. The van der Waals surface area contributed by atoms with Gasteiger partial charge in [-0.2, -0.15) is 0 Å². The molecule has 2 aliphatic heterocycles. The van der Waals surface area contributed by atoms with Crippen LogP contribution < -0.4 is 9.04 Å². The first kappa shape index (κ1) is 24.9. The SMILES string of the molecule is COc1ccc2c(c1)N(CC1CCN(C[C@H](O)C34CC5CC(CC(C5)C3)C4)CC1)S(=O)(=O)c1ccccc1-2. The predicted molar refractivity (Wildman–Crippen MR) is 149 cm³/mol. The summed E-state index contributed by atoms with van der Waals surface area (Å²) >= 11 is 0. The number of anilines is 1. The Morgan fingerprint density at radius 3 is 2.29 bits per heavy atom. The standard InChI is InChI=1S/C31H40N2O4S/c1-37-25-6-7-26-27-4-2-3-5-29(27)38(35,36)33(28(26)15-25)19-21-8-10-32(11-9-21)20-30(34)31-16-22-12-23(17-31)14-24(13-22)18-31/h2-7,15,21-24,30,34H,8-14,16-20H2,1H3/t22?,23?,24?,30-,31?/m0/s1. The van der Waals surface area contributed by atoms with Crippen LogP contribution in [0.4, 0.5) is 5.69 Å². The molecule has 4 bridgehead atoms. The van der Waals surface area contributed by atoms with E-state index >= 15 is 0 Å². The van der Waals surface area contributed by atoms with Crippen LogP contribution in [0.15, 0.2) is 47.4 Å². The van der Waals surface area contributed by atoms with E-state index in [4.69, 9.17) is 4.74 Å². The minimum absolute atomic E-state index is 0.156. The van der Waals surface area contributed by atoms with Gasteiger partial charge in [-0.05, 0) is 112 Å². The van der Waals surface area contributed by atoms with Crippen molar-refractivity contribution in [2.45, 2.75) is 62.4 Å². The van der Waals surface area contributed by atoms with Crippen LogP contribution in [0.25, 0.3) is 11.1 Å². The first-order chi connectivity index (χ1) is 18.3. The second-order valence-electron chi connectivity index (χ2n) is 13.0. The highest BCUT2D eigenvalue weighted by Crippen LogP contribution is 2.61. The summed E-state index contributed by atoms with van der Waals surface area (Å²) in [5, 5.41) is 11.5. The van der Waals surface area contributed by atoms with Gasteiger partial charge in [-0.15, -0.1) is 0 Å². The van der Waals surface area contributed by atoms with Crippen LogP contribution >= 0.6 is 0 Å². The lowest BCUT2D eigenvalue weighted by atomic mass is 9.48. The van der Waals surface area contributed by atoms with Crippen molar-refractivity contribution in [3.8, 4) is 16.9 Å². The van der Waals surface area contributed by atoms with Crippen LogP contribution in [0.5, 0.6) is 5.75 Å². The number of benzene rings is 2. The molecule has 1 saturated heterocycles. The molecule has 0 amide bonds. The van der Waals surface area contributed by atoms with Crippen LogP contribution in [-0.4, -0.2) is 57.8 Å². The Labute approximate surface area is 227 Å². The molecule has 1 N–H and O–H groups in total. The Hall–Kier alpha value is -2.09. The number of β-amino-alcohol motifs (C(OH)–C–C–N with tert-alkyl or cyclic N) is 1. The molecule has 2 aromatic carbocycles. The first-order valence-electron chi connectivity index (χ1n) is 14.6. The Kier molecular flexibility index (Phi) is 6.06. The molecule has 0 aromatic heterocycles. The van der Waals surface area contributed by atoms with Crippen LogP contribution in [0.2, 0.25) is 0 Å². The number of sulfonamides is 1. The van der Waals surface area contributed by atoms with Gasteiger partial charge in [-0.1, -0.05) is 18.2 Å². The monoisotopic (exact) mass is 536 g/mol. The normalized spacial score (nSPS) is 32.6. The van der Waals surface area contributed by atoms with Crippen molar-refractivity contribution in [1.29, 1.82) is 0 Å². The summed E-state index contributed by atoms with van der Waals surface area (Å²) in [5.41, 5.74) is 2.56. The van der Waals surface area contributed by atoms with E-state index in [1.54, 1.807) is 23.5 Å². The zero-order valence-electron chi connectivity index (χ0n) is 22.4. The lowest BCUT2D eigenvalue weighted by molar-refractivity contribution is -0.127. The molecular weight excluding hydrogens is 496 g/mol. The van der Waals surface area contributed by atoms with Gasteiger partial charge in [-0.25, -0.2) is 8.42 Å². The van der Waals surface area contributed by atoms with E-state index in [2.05, 4.69) is 4.90 Å². The highest BCUT2D eigenvalue weighted by atomic mass is 32.2. The minimum atomic E-state index is -3.65. The molecule has 4 aliphatic carbocycles. The maximum atomic E-state index is 13.8. The van der Waals surface area contributed by atoms with Crippen molar-refractivity contribution in [2.24, 2.45) is 29.1 Å².